The largest absolute Gasteiger partial charge is 0.321 e. The highest BCUT2D eigenvalue weighted by molar-refractivity contribution is 7.91. The molecule has 30 heavy (non-hydrogen) atoms. The van der Waals surface area contributed by atoms with Gasteiger partial charge in [-0.3, -0.25) is 9.48 Å². The minimum Gasteiger partial charge on any atom is -0.321 e. The number of hydrogen-bond acceptors (Lipinski definition) is 4. The molecule has 1 aliphatic rings. The van der Waals surface area contributed by atoms with Crippen LogP contribution in [0.25, 0.3) is 11.3 Å². The molecule has 3 aromatic rings. The average molecular weight is 444 g/mol. The van der Waals surface area contributed by atoms with Crippen molar-refractivity contribution < 1.29 is 13.2 Å². The van der Waals surface area contributed by atoms with Crippen LogP contribution in [0.4, 0.5) is 5.69 Å². The van der Waals surface area contributed by atoms with Crippen LogP contribution in [0.15, 0.2) is 48.5 Å². The molecule has 6 nitrogen and oxygen atoms in total. The summed E-state index contributed by atoms with van der Waals surface area (Å²) in [5.74, 6) is -0.192. The van der Waals surface area contributed by atoms with E-state index in [1.165, 1.54) is 0 Å². The number of sulfone groups is 1. The maximum atomic E-state index is 12.8. The summed E-state index contributed by atoms with van der Waals surface area (Å²) >= 11 is 5.90. The van der Waals surface area contributed by atoms with Crippen LogP contribution in [-0.4, -0.2) is 35.6 Å². The van der Waals surface area contributed by atoms with Crippen LogP contribution >= 0.6 is 11.6 Å². The Kier molecular flexibility index (Phi) is 5.42. The number of anilines is 1. The number of nitrogens with zero attached hydrogens (tertiary/aromatic N) is 2. The number of aromatic nitrogens is 2. The quantitative estimate of drug-likeness (QED) is 0.646. The maximum absolute atomic E-state index is 12.8. The highest BCUT2D eigenvalue weighted by Gasteiger charge is 2.32. The molecule has 1 aromatic heterocycles. The van der Waals surface area contributed by atoms with Crippen molar-refractivity contribution in [1.29, 1.82) is 0 Å². The van der Waals surface area contributed by atoms with E-state index in [2.05, 4.69) is 10.4 Å². The molecule has 0 saturated carbocycles. The van der Waals surface area contributed by atoms with E-state index in [-0.39, 0.29) is 29.1 Å². The van der Waals surface area contributed by atoms with Gasteiger partial charge < -0.3 is 5.32 Å². The highest BCUT2D eigenvalue weighted by Crippen LogP contribution is 2.31. The summed E-state index contributed by atoms with van der Waals surface area (Å²) in [6.45, 7) is 4.05. The fourth-order valence-corrected chi connectivity index (χ4v) is 5.41. The lowest BCUT2D eigenvalue weighted by atomic mass is 10.0. The molecule has 2 heterocycles. The van der Waals surface area contributed by atoms with Crippen molar-refractivity contribution in [3.8, 4) is 11.3 Å². The summed E-state index contributed by atoms with van der Waals surface area (Å²) in [5.41, 5.74) is 4.76. The van der Waals surface area contributed by atoms with E-state index < -0.39 is 9.84 Å². The Morgan fingerprint density at radius 3 is 2.47 bits per heavy atom. The first-order valence-corrected chi connectivity index (χ1v) is 11.9. The fourth-order valence-electron chi connectivity index (χ4n) is 3.60. The summed E-state index contributed by atoms with van der Waals surface area (Å²) in [5, 5.41) is 7.91. The predicted octanol–water partition coefficient (Wildman–Crippen LogP) is 4.43. The van der Waals surface area contributed by atoms with Gasteiger partial charge in [-0.1, -0.05) is 23.7 Å². The van der Waals surface area contributed by atoms with Crippen molar-refractivity contribution >= 4 is 33.0 Å². The van der Waals surface area contributed by atoms with E-state index in [0.717, 1.165) is 22.4 Å². The Morgan fingerprint density at radius 2 is 1.83 bits per heavy atom. The molecule has 156 valence electrons. The van der Waals surface area contributed by atoms with Crippen LogP contribution in [0.5, 0.6) is 0 Å². The molecule has 0 unspecified atom stereocenters. The number of carbonyl (C=O) groups is 1. The van der Waals surface area contributed by atoms with Gasteiger partial charge in [-0.15, -0.1) is 0 Å². The second-order valence-corrected chi connectivity index (χ2v) is 10.3. The zero-order valence-electron chi connectivity index (χ0n) is 16.7. The summed E-state index contributed by atoms with van der Waals surface area (Å²) in [4.78, 5) is 12.8. The van der Waals surface area contributed by atoms with Crippen molar-refractivity contribution in [2.75, 3.05) is 16.8 Å². The molecule has 1 amide bonds. The molecule has 0 spiro atoms. The van der Waals surface area contributed by atoms with Crippen molar-refractivity contribution in [2.45, 2.75) is 26.3 Å². The van der Waals surface area contributed by atoms with E-state index >= 15 is 0 Å². The molecule has 0 aliphatic carbocycles. The molecule has 0 radical (unpaired) electrons. The first kappa shape index (κ1) is 20.6. The summed E-state index contributed by atoms with van der Waals surface area (Å²) < 4.78 is 25.8. The van der Waals surface area contributed by atoms with Gasteiger partial charge >= 0.3 is 0 Å². The Bertz CT molecular complexity index is 1220. The maximum Gasteiger partial charge on any atom is 0.276 e. The molecule has 8 heteroatoms. The minimum absolute atomic E-state index is 0.0325. The molecule has 0 bridgehead atoms. The molecule has 1 saturated heterocycles. The number of benzene rings is 2. The highest BCUT2D eigenvalue weighted by atomic mass is 35.5. The lowest BCUT2D eigenvalue weighted by molar-refractivity contribution is 0.102. The zero-order valence-corrected chi connectivity index (χ0v) is 18.3. The van der Waals surface area contributed by atoms with Gasteiger partial charge in [0.25, 0.3) is 5.91 Å². The van der Waals surface area contributed by atoms with Crippen molar-refractivity contribution in [3.05, 3.63) is 70.4 Å². The third-order valence-corrected chi connectivity index (χ3v) is 7.43. The van der Waals surface area contributed by atoms with Gasteiger partial charge in [-0.2, -0.15) is 5.10 Å². The summed E-state index contributed by atoms with van der Waals surface area (Å²) in [6, 6.07) is 14.3. The number of nitrogens with one attached hydrogen (secondary N) is 1. The van der Waals surface area contributed by atoms with Gasteiger partial charge in [-0.05, 0) is 67.8 Å². The van der Waals surface area contributed by atoms with Gasteiger partial charge in [0.15, 0.2) is 15.5 Å². The molecule has 1 atom stereocenters. The van der Waals surface area contributed by atoms with Crippen LogP contribution in [0.2, 0.25) is 5.02 Å². The van der Waals surface area contributed by atoms with Crippen LogP contribution in [0, 0.1) is 13.8 Å². The molecule has 1 fully saturated rings. The lowest BCUT2D eigenvalue weighted by Crippen LogP contribution is -2.16. The molecule has 2 aromatic carbocycles. The average Bonchev–Trinajstić information content (AvgIpc) is 3.29. The first-order chi connectivity index (χ1) is 14.2. The van der Waals surface area contributed by atoms with E-state index in [0.29, 0.717) is 17.1 Å². The van der Waals surface area contributed by atoms with Crippen molar-refractivity contribution in [2.24, 2.45) is 0 Å². The van der Waals surface area contributed by atoms with Gasteiger partial charge in [-0.25, -0.2) is 8.42 Å². The lowest BCUT2D eigenvalue weighted by Gasteiger charge is -2.14. The second-order valence-electron chi connectivity index (χ2n) is 7.68. The summed E-state index contributed by atoms with van der Waals surface area (Å²) in [7, 11) is -3.09. The van der Waals surface area contributed by atoms with Crippen molar-refractivity contribution in [3.63, 3.8) is 0 Å². The minimum atomic E-state index is -3.09. The van der Waals surface area contributed by atoms with Crippen LogP contribution in [0.1, 0.15) is 34.1 Å². The first-order valence-electron chi connectivity index (χ1n) is 9.66. The van der Waals surface area contributed by atoms with Crippen LogP contribution in [0.3, 0.4) is 0 Å². The zero-order chi connectivity index (χ0) is 21.5. The number of hydrogen-bond donors (Lipinski definition) is 1. The van der Waals surface area contributed by atoms with Gasteiger partial charge in [0.2, 0.25) is 0 Å². The van der Waals surface area contributed by atoms with Gasteiger partial charge in [0.05, 0.1) is 23.2 Å². The fraction of sp³-hybridized carbons (Fsp3) is 0.273. The summed E-state index contributed by atoms with van der Waals surface area (Å²) in [6.07, 6.45) is 0.486. The van der Waals surface area contributed by atoms with E-state index in [9.17, 15) is 13.2 Å². The predicted molar refractivity (Wildman–Crippen MR) is 119 cm³/mol. The molecule has 4 rings (SSSR count). The SMILES string of the molecule is Cc1ccc(-c2cc(C(=O)Nc3ccc(Cl)cc3)nn2[C@@H]2CCS(=O)(=O)C2)cc1C. The standard InChI is InChI=1S/C22H22ClN3O3S/c1-14-3-4-16(11-15(14)2)21-12-20(22(27)24-18-7-5-17(23)6-8-18)25-26(21)19-9-10-30(28,29)13-19/h3-8,11-12,19H,9-10,13H2,1-2H3,(H,24,27)/t19-/m1/s1. The normalized spacial score (nSPS) is 17.8. The third-order valence-electron chi connectivity index (χ3n) is 5.43. The number of halogens is 1. The number of aryl methyl sites for hydroxylation is 2. The number of amides is 1. The van der Waals surface area contributed by atoms with Gasteiger partial charge in [0, 0.05) is 16.3 Å². The Morgan fingerprint density at radius 1 is 1.10 bits per heavy atom. The molecular formula is C22H22ClN3O3S. The Hall–Kier alpha value is -2.64. The molecular weight excluding hydrogens is 422 g/mol. The topological polar surface area (TPSA) is 81.1 Å². The monoisotopic (exact) mass is 443 g/mol. The smallest absolute Gasteiger partial charge is 0.276 e. The molecule has 1 N–H and O–H groups in total. The Labute approximate surface area is 180 Å². The van der Waals surface area contributed by atoms with Crippen LogP contribution in [-0.2, 0) is 9.84 Å². The number of rotatable bonds is 4. The van der Waals surface area contributed by atoms with E-state index in [1.54, 1.807) is 35.0 Å². The Balaban J connectivity index is 1.72. The number of carbonyl (C=O) groups excluding carboxylic acids is 1. The van der Waals surface area contributed by atoms with E-state index in [1.807, 2.05) is 32.0 Å². The van der Waals surface area contributed by atoms with Gasteiger partial charge in [0.1, 0.15) is 0 Å². The molecule has 1 aliphatic heterocycles. The second kappa shape index (κ2) is 7.89. The van der Waals surface area contributed by atoms with Crippen molar-refractivity contribution in [1.82, 2.24) is 9.78 Å². The third kappa shape index (κ3) is 4.27. The van der Waals surface area contributed by atoms with Crippen LogP contribution < -0.4 is 5.32 Å². The van der Waals surface area contributed by atoms with E-state index in [4.69, 9.17) is 11.6 Å².